The van der Waals surface area contributed by atoms with Gasteiger partial charge in [-0.2, -0.15) is 0 Å². The van der Waals surface area contributed by atoms with Crippen molar-refractivity contribution in [1.29, 1.82) is 0 Å². The van der Waals surface area contributed by atoms with Crippen molar-refractivity contribution in [2.24, 2.45) is 0 Å². The molecule has 70 valence electrons. The van der Waals surface area contributed by atoms with Crippen molar-refractivity contribution in [2.45, 2.75) is 12.5 Å². The maximum Gasteiger partial charge on any atom is 0.123 e. The van der Waals surface area contributed by atoms with Crippen molar-refractivity contribution in [1.82, 2.24) is 5.32 Å². The summed E-state index contributed by atoms with van der Waals surface area (Å²) >= 11 is 0. The molecule has 1 saturated heterocycles. The molecule has 0 aromatic heterocycles. The summed E-state index contributed by atoms with van der Waals surface area (Å²) < 4.78 is 12.6. The Bertz CT molecular complexity index is 265. The minimum atomic E-state index is -0.185. The normalized spacial score (nSPS) is 21.8. The fourth-order valence-electron chi connectivity index (χ4n) is 1.56. The van der Waals surface area contributed by atoms with Gasteiger partial charge in [0.25, 0.3) is 0 Å². The summed E-state index contributed by atoms with van der Waals surface area (Å²) in [4.78, 5) is 0. The van der Waals surface area contributed by atoms with Gasteiger partial charge < -0.3 is 10.6 Å². The lowest BCUT2D eigenvalue weighted by atomic mass is 10.2. The van der Waals surface area contributed by atoms with Gasteiger partial charge in [0.1, 0.15) is 5.82 Å². The largest absolute Gasteiger partial charge is 0.381 e. The van der Waals surface area contributed by atoms with Crippen LogP contribution in [0.1, 0.15) is 6.42 Å². The van der Waals surface area contributed by atoms with Gasteiger partial charge in [-0.05, 0) is 37.2 Å². The van der Waals surface area contributed by atoms with Crippen molar-refractivity contribution < 1.29 is 4.39 Å². The van der Waals surface area contributed by atoms with Crippen molar-refractivity contribution >= 4 is 5.69 Å². The third kappa shape index (κ3) is 2.18. The Morgan fingerprint density at radius 3 is 2.69 bits per heavy atom. The number of rotatable bonds is 2. The molecule has 2 nitrogen and oxygen atoms in total. The highest BCUT2D eigenvalue weighted by Crippen LogP contribution is 2.12. The number of nitrogens with one attached hydrogen (secondary N) is 2. The maximum absolute atomic E-state index is 12.6. The lowest BCUT2D eigenvalue weighted by molar-refractivity contribution is 0.628. The first-order valence-electron chi connectivity index (χ1n) is 4.57. The third-order valence-electron chi connectivity index (χ3n) is 2.28. The van der Waals surface area contributed by atoms with Crippen molar-refractivity contribution in [3.8, 4) is 0 Å². The molecule has 13 heavy (non-hydrogen) atoms. The van der Waals surface area contributed by atoms with Crippen LogP contribution >= 0.6 is 0 Å². The molecule has 0 saturated carbocycles. The number of anilines is 1. The zero-order valence-electron chi connectivity index (χ0n) is 7.39. The second-order valence-corrected chi connectivity index (χ2v) is 3.34. The molecule has 1 atom stereocenters. The van der Waals surface area contributed by atoms with Crippen LogP contribution in [0.25, 0.3) is 0 Å². The molecule has 1 aromatic rings. The van der Waals surface area contributed by atoms with Gasteiger partial charge in [0, 0.05) is 18.3 Å². The molecule has 0 bridgehead atoms. The molecule has 2 N–H and O–H groups in total. The first kappa shape index (κ1) is 8.51. The van der Waals surface area contributed by atoms with Crippen molar-refractivity contribution in [2.75, 3.05) is 18.4 Å². The topological polar surface area (TPSA) is 24.1 Å². The van der Waals surface area contributed by atoms with Crippen molar-refractivity contribution in [3.63, 3.8) is 0 Å². The first-order chi connectivity index (χ1) is 6.34. The zero-order valence-corrected chi connectivity index (χ0v) is 7.39. The van der Waals surface area contributed by atoms with E-state index in [9.17, 15) is 4.39 Å². The van der Waals surface area contributed by atoms with E-state index in [0.717, 1.165) is 25.2 Å². The van der Waals surface area contributed by atoms with E-state index in [1.165, 1.54) is 12.1 Å². The van der Waals surface area contributed by atoms with E-state index in [4.69, 9.17) is 0 Å². The van der Waals surface area contributed by atoms with Crippen LogP contribution in [0.2, 0.25) is 0 Å². The Kier molecular flexibility index (Phi) is 2.45. The van der Waals surface area contributed by atoms with Crippen LogP contribution < -0.4 is 10.6 Å². The van der Waals surface area contributed by atoms with Crippen LogP contribution in [0.4, 0.5) is 10.1 Å². The molecule has 1 aliphatic heterocycles. The van der Waals surface area contributed by atoms with Gasteiger partial charge in [-0.25, -0.2) is 4.39 Å². The highest BCUT2D eigenvalue weighted by molar-refractivity contribution is 5.44. The van der Waals surface area contributed by atoms with Gasteiger partial charge in [0.2, 0.25) is 0 Å². The Morgan fingerprint density at radius 2 is 2.08 bits per heavy atom. The van der Waals surface area contributed by atoms with Crippen LogP contribution in [0, 0.1) is 5.82 Å². The van der Waals surface area contributed by atoms with Gasteiger partial charge in [0.05, 0.1) is 0 Å². The molecule has 2 rings (SSSR count). The van der Waals surface area contributed by atoms with Gasteiger partial charge >= 0.3 is 0 Å². The number of benzene rings is 1. The Balaban J connectivity index is 1.97. The van der Waals surface area contributed by atoms with Gasteiger partial charge in [0.15, 0.2) is 0 Å². The summed E-state index contributed by atoms with van der Waals surface area (Å²) in [6, 6.07) is 6.99. The smallest absolute Gasteiger partial charge is 0.123 e. The third-order valence-corrected chi connectivity index (χ3v) is 2.28. The van der Waals surface area contributed by atoms with E-state index in [1.54, 1.807) is 12.1 Å². The zero-order chi connectivity index (χ0) is 9.10. The fourth-order valence-corrected chi connectivity index (χ4v) is 1.56. The predicted octanol–water partition coefficient (Wildman–Crippen LogP) is 1.60. The Labute approximate surface area is 77.2 Å². The lowest BCUT2D eigenvalue weighted by Gasteiger charge is -2.12. The summed E-state index contributed by atoms with van der Waals surface area (Å²) in [5, 5.41) is 6.61. The average molecular weight is 180 g/mol. The van der Waals surface area contributed by atoms with E-state index < -0.39 is 0 Å². The highest BCUT2D eigenvalue weighted by atomic mass is 19.1. The molecule has 1 aliphatic rings. The number of hydrogen-bond donors (Lipinski definition) is 2. The molecule has 0 unspecified atom stereocenters. The van der Waals surface area contributed by atoms with E-state index in [1.807, 2.05) is 0 Å². The summed E-state index contributed by atoms with van der Waals surface area (Å²) in [6.07, 6.45) is 1.14. The SMILES string of the molecule is Fc1ccc(N[C@H]2CCNC2)cc1. The predicted molar refractivity (Wildman–Crippen MR) is 51.3 cm³/mol. The molecule has 1 heterocycles. The van der Waals surface area contributed by atoms with Crippen LogP contribution in [0.5, 0.6) is 0 Å². The number of halogens is 1. The molecule has 1 aromatic carbocycles. The second-order valence-electron chi connectivity index (χ2n) is 3.34. The molecule has 3 heteroatoms. The van der Waals surface area contributed by atoms with Crippen LogP contribution in [-0.2, 0) is 0 Å². The monoisotopic (exact) mass is 180 g/mol. The van der Waals surface area contributed by atoms with Crippen LogP contribution in [0.3, 0.4) is 0 Å². The summed E-state index contributed by atoms with van der Waals surface area (Å²) in [6.45, 7) is 2.07. The van der Waals surface area contributed by atoms with E-state index in [-0.39, 0.29) is 5.82 Å². The minimum Gasteiger partial charge on any atom is -0.381 e. The van der Waals surface area contributed by atoms with Crippen LogP contribution in [-0.4, -0.2) is 19.1 Å². The Hall–Kier alpha value is -1.09. The lowest BCUT2D eigenvalue weighted by Crippen LogP contribution is -2.21. The molecule has 1 fully saturated rings. The van der Waals surface area contributed by atoms with E-state index >= 15 is 0 Å². The summed E-state index contributed by atoms with van der Waals surface area (Å²) in [5.41, 5.74) is 0.995. The first-order valence-corrected chi connectivity index (χ1v) is 4.57. The Morgan fingerprint density at radius 1 is 1.31 bits per heavy atom. The fraction of sp³-hybridized carbons (Fsp3) is 0.400. The van der Waals surface area contributed by atoms with Gasteiger partial charge in [-0.1, -0.05) is 0 Å². The molecular weight excluding hydrogens is 167 g/mol. The standard InChI is InChI=1S/C10H13FN2/c11-8-1-3-9(4-2-8)13-10-5-6-12-7-10/h1-4,10,12-13H,5-7H2/t10-/m0/s1. The quantitative estimate of drug-likeness (QED) is 0.722. The average Bonchev–Trinajstić information content (AvgIpc) is 2.62. The summed E-state index contributed by atoms with van der Waals surface area (Å²) in [5.74, 6) is -0.185. The highest BCUT2D eigenvalue weighted by Gasteiger charge is 2.13. The van der Waals surface area contributed by atoms with Crippen LogP contribution in [0.15, 0.2) is 24.3 Å². The van der Waals surface area contributed by atoms with E-state index in [0.29, 0.717) is 6.04 Å². The molecular formula is C10H13FN2. The molecule has 0 radical (unpaired) electrons. The minimum absolute atomic E-state index is 0.185. The molecule has 0 amide bonds. The second kappa shape index (κ2) is 3.75. The number of hydrogen-bond acceptors (Lipinski definition) is 2. The summed E-state index contributed by atoms with van der Waals surface area (Å²) in [7, 11) is 0. The van der Waals surface area contributed by atoms with Gasteiger partial charge in [-0.3, -0.25) is 0 Å². The maximum atomic E-state index is 12.6. The molecule has 0 spiro atoms. The molecule has 0 aliphatic carbocycles. The van der Waals surface area contributed by atoms with Crippen molar-refractivity contribution in [3.05, 3.63) is 30.1 Å². The van der Waals surface area contributed by atoms with Gasteiger partial charge in [-0.15, -0.1) is 0 Å². The van der Waals surface area contributed by atoms with E-state index in [2.05, 4.69) is 10.6 Å².